The number of rotatable bonds is 11. The van der Waals surface area contributed by atoms with Gasteiger partial charge < -0.3 is 34.9 Å². The third kappa shape index (κ3) is 6.29. The molecule has 2 aromatic carbocycles. The molecule has 1 unspecified atom stereocenters. The summed E-state index contributed by atoms with van der Waals surface area (Å²) in [6, 6.07) is 13.0. The van der Waals surface area contributed by atoms with Crippen molar-refractivity contribution in [3.63, 3.8) is 0 Å². The number of nitrogens with zero attached hydrogens (tertiary/aromatic N) is 2. The molecule has 0 radical (unpaired) electrons. The van der Waals surface area contributed by atoms with Gasteiger partial charge in [0.15, 0.2) is 0 Å². The SMILES string of the molecule is O=C(CCCCCNC(=O)O[C@@H]1C(=O)OCc2c1cc1n(c2=O)Cc2c-1nc1ccc(O)cc1c2C1C=CC1)NCc1ccc(C(=O)O)cc1. The Kier molecular flexibility index (Phi) is 8.79. The molecule has 50 heavy (non-hydrogen) atoms. The number of carboxylic acid groups (broad SMARTS) is 1. The van der Waals surface area contributed by atoms with Gasteiger partial charge in [-0.25, -0.2) is 19.4 Å². The minimum Gasteiger partial charge on any atom is -0.508 e. The van der Waals surface area contributed by atoms with Crippen LogP contribution in [0.2, 0.25) is 0 Å². The summed E-state index contributed by atoms with van der Waals surface area (Å²) in [4.78, 5) is 67.5. The number of ether oxygens (including phenoxy) is 2. The molecule has 0 saturated heterocycles. The van der Waals surface area contributed by atoms with E-state index in [2.05, 4.69) is 22.8 Å². The number of carbonyl (C=O) groups is 4. The minimum atomic E-state index is -1.43. The Morgan fingerprint density at radius 2 is 1.80 bits per heavy atom. The molecule has 3 aliphatic rings. The average molecular weight is 679 g/mol. The molecular formula is C37H34N4O9. The van der Waals surface area contributed by atoms with E-state index in [0.29, 0.717) is 42.7 Å². The van der Waals surface area contributed by atoms with Crippen LogP contribution in [0.4, 0.5) is 4.79 Å². The quantitative estimate of drug-likeness (QED) is 0.0876. The van der Waals surface area contributed by atoms with Gasteiger partial charge in [-0.1, -0.05) is 30.7 Å². The maximum atomic E-state index is 13.8. The van der Waals surface area contributed by atoms with Gasteiger partial charge in [0, 0.05) is 41.9 Å². The van der Waals surface area contributed by atoms with E-state index in [4.69, 9.17) is 19.6 Å². The first-order valence-corrected chi connectivity index (χ1v) is 16.5. The highest BCUT2D eigenvalue weighted by atomic mass is 16.6. The summed E-state index contributed by atoms with van der Waals surface area (Å²) in [5.74, 6) is -1.68. The number of carboxylic acids is 1. The Balaban J connectivity index is 0.967. The molecule has 2 atom stereocenters. The summed E-state index contributed by atoms with van der Waals surface area (Å²) in [6.45, 7) is 0.574. The Hall–Kier alpha value is -5.98. The van der Waals surface area contributed by atoms with Gasteiger partial charge in [-0.15, -0.1) is 0 Å². The fourth-order valence-corrected chi connectivity index (χ4v) is 6.63. The number of cyclic esters (lactones) is 1. The van der Waals surface area contributed by atoms with E-state index < -0.39 is 24.1 Å². The number of aromatic hydroxyl groups is 1. The van der Waals surface area contributed by atoms with Crippen molar-refractivity contribution in [2.45, 2.75) is 63.8 Å². The lowest BCUT2D eigenvalue weighted by atomic mass is 9.82. The van der Waals surface area contributed by atoms with Crippen LogP contribution in [0.5, 0.6) is 5.75 Å². The van der Waals surface area contributed by atoms with Gasteiger partial charge in [0.25, 0.3) is 5.56 Å². The molecule has 1 aliphatic carbocycles. The standard InChI is InChI=1S/C37H34N4O9/c42-23-12-13-28-25(15-23)31(21-5-4-6-21)26-18-41-29(32(26)40-28)16-24-27(34(41)44)19-49-36(47)33(24)50-37(48)38-14-3-1-2-7-30(43)39-17-20-8-10-22(11-9-20)35(45)46/h4-5,8-13,15-16,21,33,42H,1-3,6-7,14,17-19H2,(H,38,48)(H,39,43)(H,45,46)/t21?,33-/m0/s1. The summed E-state index contributed by atoms with van der Waals surface area (Å²) in [7, 11) is 0. The van der Waals surface area contributed by atoms with Crippen LogP contribution in [0.1, 0.15) is 82.3 Å². The van der Waals surface area contributed by atoms with E-state index in [0.717, 1.165) is 28.5 Å². The first-order valence-electron chi connectivity index (χ1n) is 16.5. The van der Waals surface area contributed by atoms with Crippen molar-refractivity contribution in [3.8, 4) is 17.1 Å². The zero-order valence-corrected chi connectivity index (χ0v) is 26.9. The molecule has 4 heterocycles. The summed E-state index contributed by atoms with van der Waals surface area (Å²) >= 11 is 0. The van der Waals surface area contributed by atoms with Crippen LogP contribution >= 0.6 is 0 Å². The predicted molar refractivity (Wildman–Crippen MR) is 179 cm³/mol. The molecule has 2 aliphatic heterocycles. The number of esters is 1. The van der Waals surface area contributed by atoms with E-state index in [9.17, 15) is 29.1 Å². The van der Waals surface area contributed by atoms with Crippen molar-refractivity contribution in [2.75, 3.05) is 6.54 Å². The molecule has 0 fully saturated rings. The number of alkyl carbamates (subject to hydrolysis) is 1. The molecule has 13 nitrogen and oxygen atoms in total. The number of nitrogens with one attached hydrogen (secondary N) is 2. The first kappa shape index (κ1) is 32.6. The lowest BCUT2D eigenvalue weighted by Crippen LogP contribution is -2.36. The number of amides is 2. The Bertz CT molecular complexity index is 2140. The van der Waals surface area contributed by atoms with Crippen molar-refractivity contribution < 1.29 is 38.9 Å². The van der Waals surface area contributed by atoms with Crippen molar-refractivity contribution in [1.82, 2.24) is 20.2 Å². The van der Waals surface area contributed by atoms with Crippen LogP contribution in [-0.4, -0.2) is 50.2 Å². The van der Waals surface area contributed by atoms with Gasteiger partial charge in [-0.2, -0.15) is 0 Å². The van der Waals surface area contributed by atoms with Gasteiger partial charge in [0.05, 0.1) is 34.6 Å². The molecule has 4 aromatic rings. The molecule has 4 N–H and O–H groups in total. The van der Waals surface area contributed by atoms with Crippen LogP contribution < -0.4 is 16.2 Å². The highest BCUT2D eigenvalue weighted by molar-refractivity contribution is 5.91. The molecule has 13 heteroatoms. The smallest absolute Gasteiger partial charge is 0.408 e. The fraction of sp³-hybridized carbons (Fsp3) is 0.297. The van der Waals surface area contributed by atoms with Gasteiger partial charge >= 0.3 is 18.0 Å². The predicted octanol–water partition coefficient (Wildman–Crippen LogP) is 4.57. The van der Waals surface area contributed by atoms with Gasteiger partial charge in [0.2, 0.25) is 12.0 Å². The topological polar surface area (TPSA) is 186 Å². The number of unbranched alkanes of at least 4 members (excludes halogenated alkanes) is 2. The van der Waals surface area contributed by atoms with Crippen LogP contribution in [-0.2, 0) is 38.8 Å². The van der Waals surface area contributed by atoms with Gasteiger partial charge in [-0.3, -0.25) is 9.59 Å². The van der Waals surface area contributed by atoms with Crippen molar-refractivity contribution in [2.24, 2.45) is 0 Å². The molecule has 0 bridgehead atoms. The molecule has 7 rings (SSSR count). The second-order valence-electron chi connectivity index (χ2n) is 12.6. The Labute approximate surface area is 285 Å². The summed E-state index contributed by atoms with van der Waals surface area (Å²) in [5.41, 5.74) is 4.82. The third-order valence-electron chi connectivity index (χ3n) is 9.36. The number of aromatic nitrogens is 2. The van der Waals surface area contributed by atoms with E-state index in [1.807, 2.05) is 0 Å². The summed E-state index contributed by atoms with van der Waals surface area (Å²) < 4.78 is 12.4. The second kappa shape index (κ2) is 13.5. The van der Waals surface area contributed by atoms with Gasteiger partial charge in [0.1, 0.15) is 12.4 Å². The molecule has 2 amide bonds. The largest absolute Gasteiger partial charge is 0.508 e. The van der Waals surface area contributed by atoms with E-state index >= 15 is 0 Å². The third-order valence-corrected chi connectivity index (χ3v) is 9.36. The first-order chi connectivity index (χ1) is 24.2. The average Bonchev–Trinajstić information content (AvgIpc) is 3.44. The van der Waals surface area contributed by atoms with Crippen LogP contribution in [0.25, 0.3) is 22.3 Å². The van der Waals surface area contributed by atoms with Crippen molar-refractivity contribution in [3.05, 3.63) is 104 Å². The number of hydrogen-bond donors (Lipinski definition) is 4. The number of fused-ring (bicyclic) bond motifs is 5. The maximum absolute atomic E-state index is 13.8. The number of phenolic OH excluding ortho intramolecular Hbond substituents is 1. The molecular weight excluding hydrogens is 644 g/mol. The normalized spacial score (nSPS) is 16.8. The minimum absolute atomic E-state index is 0.120. The molecule has 256 valence electrons. The lowest BCUT2D eigenvalue weighted by Gasteiger charge is -2.25. The fourth-order valence-electron chi connectivity index (χ4n) is 6.63. The number of pyridine rings is 2. The number of benzene rings is 2. The zero-order valence-electron chi connectivity index (χ0n) is 26.9. The highest BCUT2D eigenvalue weighted by Gasteiger charge is 2.38. The van der Waals surface area contributed by atoms with Crippen molar-refractivity contribution in [1.29, 1.82) is 0 Å². The van der Waals surface area contributed by atoms with Crippen LogP contribution in [0.15, 0.2) is 65.5 Å². The number of hydrogen-bond acceptors (Lipinski definition) is 9. The molecule has 2 aromatic heterocycles. The van der Waals surface area contributed by atoms with Crippen molar-refractivity contribution >= 4 is 34.8 Å². The molecule has 0 saturated carbocycles. The van der Waals surface area contributed by atoms with Gasteiger partial charge in [-0.05, 0) is 66.8 Å². The maximum Gasteiger partial charge on any atom is 0.408 e. The lowest BCUT2D eigenvalue weighted by molar-refractivity contribution is -0.157. The Morgan fingerprint density at radius 3 is 2.54 bits per heavy atom. The number of phenols is 1. The van der Waals surface area contributed by atoms with Crippen LogP contribution in [0, 0.1) is 0 Å². The van der Waals surface area contributed by atoms with E-state index in [-0.39, 0.29) is 65.9 Å². The van der Waals surface area contributed by atoms with E-state index in [1.165, 1.54) is 12.1 Å². The zero-order chi connectivity index (χ0) is 34.9. The number of allylic oxidation sites excluding steroid dienone is 2. The summed E-state index contributed by atoms with van der Waals surface area (Å²) in [6.07, 6.45) is 4.82. The monoisotopic (exact) mass is 678 g/mol. The van der Waals surface area contributed by atoms with E-state index in [1.54, 1.807) is 41.0 Å². The summed E-state index contributed by atoms with van der Waals surface area (Å²) in [5, 5.41) is 25.5. The number of aromatic carboxylic acids is 1. The number of carbonyl (C=O) groups excluding carboxylic acids is 3. The highest BCUT2D eigenvalue weighted by Crippen LogP contribution is 2.44. The second-order valence-corrected chi connectivity index (χ2v) is 12.6. The Morgan fingerprint density at radius 1 is 1.00 bits per heavy atom. The van der Waals surface area contributed by atoms with Crippen LogP contribution in [0.3, 0.4) is 0 Å². The molecule has 0 spiro atoms.